The number of hydrogen-bond donors (Lipinski definition) is 2. The smallest absolute Gasteiger partial charge is 0.191 e. The van der Waals surface area contributed by atoms with Crippen molar-refractivity contribution in [1.29, 1.82) is 0 Å². The van der Waals surface area contributed by atoms with Gasteiger partial charge in [0.15, 0.2) is 5.96 Å². The van der Waals surface area contributed by atoms with Crippen LogP contribution >= 0.6 is 35.3 Å². The third kappa shape index (κ3) is 6.65. The first kappa shape index (κ1) is 24.1. The van der Waals surface area contributed by atoms with Gasteiger partial charge >= 0.3 is 0 Å². The number of thiophene rings is 1. The van der Waals surface area contributed by atoms with E-state index in [1.54, 1.807) is 19.2 Å². The van der Waals surface area contributed by atoms with E-state index in [1.807, 2.05) is 23.5 Å². The Morgan fingerprint density at radius 3 is 2.48 bits per heavy atom. The first-order valence-electron chi connectivity index (χ1n) is 9.87. The molecule has 0 radical (unpaired) electrons. The first-order chi connectivity index (χ1) is 13.5. The number of ether oxygens (including phenoxy) is 1. The summed E-state index contributed by atoms with van der Waals surface area (Å²) in [6.45, 7) is 6.49. The summed E-state index contributed by atoms with van der Waals surface area (Å²) in [6, 6.07) is 11.5. The fourth-order valence-corrected chi connectivity index (χ4v) is 4.78. The molecule has 1 aliphatic rings. The highest BCUT2D eigenvalue weighted by Crippen LogP contribution is 2.34. The average molecular weight is 531 g/mol. The van der Waals surface area contributed by atoms with Gasteiger partial charge in [-0.25, -0.2) is 4.39 Å². The minimum Gasteiger partial charge on any atom is -0.381 e. The SMILES string of the molecule is CN=C(NCC1(c2ccc(F)cc2)CCOCC1)NC(C)Cc1ccc(C)s1.I. The number of aryl methyl sites for hydroxylation is 1. The Morgan fingerprint density at radius 2 is 1.90 bits per heavy atom. The van der Waals surface area contributed by atoms with Crippen LogP contribution in [0, 0.1) is 12.7 Å². The van der Waals surface area contributed by atoms with Crippen LogP contribution in [0.2, 0.25) is 0 Å². The van der Waals surface area contributed by atoms with Crippen molar-refractivity contribution in [3.05, 3.63) is 57.5 Å². The molecule has 1 aromatic heterocycles. The average Bonchev–Trinajstić information content (AvgIpc) is 3.10. The number of aliphatic imine (C=N–C) groups is 1. The van der Waals surface area contributed by atoms with Crippen molar-refractivity contribution in [3.63, 3.8) is 0 Å². The molecule has 2 N–H and O–H groups in total. The minimum atomic E-state index is -0.200. The van der Waals surface area contributed by atoms with Crippen molar-refractivity contribution in [2.24, 2.45) is 4.99 Å². The van der Waals surface area contributed by atoms with Crippen molar-refractivity contribution < 1.29 is 9.13 Å². The number of hydrogen-bond acceptors (Lipinski definition) is 3. The van der Waals surface area contributed by atoms with Gasteiger partial charge < -0.3 is 15.4 Å². The molecule has 1 atom stereocenters. The van der Waals surface area contributed by atoms with Gasteiger partial charge in [0.05, 0.1) is 0 Å². The quantitative estimate of drug-likeness (QED) is 0.324. The van der Waals surface area contributed by atoms with Crippen LogP contribution in [0.5, 0.6) is 0 Å². The fraction of sp³-hybridized carbons (Fsp3) is 0.500. The predicted molar refractivity (Wildman–Crippen MR) is 130 cm³/mol. The third-order valence-electron chi connectivity index (χ3n) is 5.41. The zero-order valence-electron chi connectivity index (χ0n) is 17.3. The summed E-state index contributed by atoms with van der Waals surface area (Å²) in [6.07, 6.45) is 2.79. The van der Waals surface area contributed by atoms with Gasteiger partial charge in [0, 0.05) is 54.4 Å². The first-order valence-corrected chi connectivity index (χ1v) is 10.7. The van der Waals surface area contributed by atoms with Gasteiger partial charge in [0.25, 0.3) is 0 Å². The van der Waals surface area contributed by atoms with E-state index in [9.17, 15) is 4.39 Å². The standard InChI is InChI=1S/C22H30FN3OS.HI/c1-16(14-20-9-4-17(2)28-20)26-21(24-3)25-15-22(10-12-27-13-11-22)18-5-7-19(23)8-6-18;/h4-9,16H,10-15H2,1-3H3,(H2,24,25,26);1H. The highest BCUT2D eigenvalue weighted by Gasteiger charge is 2.34. The number of benzene rings is 1. The molecule has 0 saturated carbocycles. The lowest BCUT2D eigenvalue weighted by atomic mass is 9.74. The van der Waals surface area contributed by atoms with E-state index in [0.717, 1.165) is 50.5 Å². The molecule has 1 saturated heterocycles. The Hall–Kier alpha value is -1.19. The summed E-state index contributed by atoms with van der Waals surface area (Å²) in [4.78, 5) is 7.12. The van der Waals surface area contributed by atoms with E-state index in [4.69, 9.17) is 4.74 Å². The molecular formula is C22H31FIN3OS. The number of guanidine groups is 1. The normalized spacial score (nSPS) is 17.3. The van der Waals surface area contributed by atoms with E-state index in [-0.39, 0.29) is 41.3 Å². The van der Waals surface area contributed by atoms with Crippen LogP contribution in [0.25, 0.3) is 0 Å². The zero-order valence-corrected chi connectivity index (χ0v) is 20.5. The summed E-state index contributed by atoms with van der Waals surface area (Å²) in [5.41, 5.74) is 1.08. The second-order valence-corrected chi connectivity index (χ2v) is 8.96. The molecule has 1 aromatic carbocycles. The zero-order chi connectivity index (χ0) is 20.0. The lowest BCUT2D eigenvalue weighted by Gasteiger charge is -2.38. The van der Waals surface area contributed by atoms with E-state index >= 15 is 0 Å². The van der Waals surface area contributed by atoms with E-state index in [1.165, 1.54) is 9.75 Å². The third-order valence-corrected chi connectivity index (χ3v) is 6.43. The highest BCUT2D eigenvalue weighted by molar-refractivity contribution is 14.0. The maximum atomic E-state index is 13.4. The summed E-state index contributed by atoms with van der Waals surface area (Å²) < 4.78 is 19.0. The van der Waals surface area contributed by atoms with Crippen molar-refractivity contribution in [2.45, 2.75) is 44.6 Å². The molecule has 29 heavy (non-hydrogen) atoms. The lowest BCUT2D eigenvalue weighted by molar-refractivity contribution is 0.0513. The Bertz CT molecular complexity index is 788. The van der Waals surface area contributed by atoms with Crippen molar-refractivity contribution in [3.8, 4) is 0 Å². The van der Waals surface area contributed by atoms with Gasteiger partial charge in [-0.15, -0.1) is 35.3 Å². The monoisotopic (exact) mass is 531 g/mol. The predicted octanol–water partition coefficient (Wildman–Crippen LogP) is 4.66. The van der Waals surface area contributed by atoms with Crippen LogP contribution in [0.15, 0.2) is 41.4 Å². The van der Waals surface area contributed by atoms with Gasteiger partial charge in [-0.1, -0.05) is 12.1 Å². The number of rotatable bonds is 6. The molecule has 2 aromatic rings. The van der Waals surface area contributed by atoms with Crippen LogP contribution in [0.3, 0.4) is 0 Å². The number of nitrogens with zero attached hydrogens (tertiary/aromatic N) is 1. The molecule has 3 rings (SSSR count). The molecular weight excluding hydrogens is 500 g/mol. The van der Waals surface area contributed by atoms with Crippen molar-refractivity contribution >= 4 is 41.3 Å². The molecule has 7 heteroatoms. The second kappa shape index (κ2) is 11.3. The molecule has 160 valence electrons. The Morgan fingerprint density at radius 1 is 1.21 bits per heavy atom. The molecule has 1 unspecified atom stereocenters. The van der Waals surface area contributed by atoms with Crippen molar-refractivity contribution in [1.82, 2.24) is 10.6 Å². The van der Waals surface area contributed by atoms with Crippen LogP contribution in [-0.4, -0.2) is 38.8 Å². The Balaban J connectivity index is 0.00000300. The lowest BCUT2D eigenvalue weighted by Crippen LogP contribution is -2.50. The van der Waals surface area contributed by atoms with E-state index in [0.29, 0.717) is 0 Å². The molecule has 2 heterocycles. The topological polar surface area (TPSA) is 45.7 Å². The molecule has 1 fully saturated rings. The minimum absolute atomic E-state index is 0. The molecule has 0 aliphatic carbocycles. The highest BCUT2D eigenvalue weighted by atomic mass is 127. The summed E-state index contributed by atoms with van der Waals surface area (Å²) in [7, 11) is 1.80. The van der Waals surface area contributed by atoms with Gasteiger partial charge in [-0.2, -0.15) is 0 Å². The molecule has 0 spiro atoms. The van der Waals surface area contributed by atoms with Gasteiger partial charge in [-0.05, 0) is 56.5 Å². The summed E-state index contributed by atoms with van der Waals surface area (Å²) >= 11 is 1.84. The van der Waals surface area contributed by atoms with Crippen LogP contribution in [0.1, 0.15) is 35.1 Å². The fourth-order valence-electron chi connectivity index (χ4n) is 3.76. The molecule has 1 aliphatic heterocycles. The molecule has 0 amide bonds. The number of nitrogens with one attached hydrogen (secondary N) is 2. The van der Waals surface area contributed by atoms with Gasteiger partial charge in [-0.3, -0.25) is 4.99 Å². The molecule has 4 nitrogen and oxygen atoms in total. The summed E-state index contributed by atoms with van der Waals surface area (Å²) in [5, 5.41) is 7.00. The second-order valence-electron chi connectivity index (χ2n) is 7.59. The maximum Gasteiger partial charge on any atom is 0.191 e. The van der Waals surface area contributed by atoms with Crippen LogP contribution < -0.4 is 10.6 Å². The maximum absolute atomic E-state index is 13.4. The largest absolute Gasteiger partial charge is 0.381 e. The van der Waals surface area contributed by atoms with Crippen molar-refractivity contribution in [2.75, 3.05) is 26.8 Å². The van der Waals surface area contributed by atoms with Gasteiger partial charge in [0.2, 0.25) is 0 Å². The van der Waals surface area contributed by atoms with Crippen LogP contribution in [0.4, 0.5) is 4.39 Å². The van der Waals surface area contributed by atoms with E-state index < -0.39 is 0 Å². The van der Waals surface area contributed by atoms with E-state index in [2.05, 4.69) is 41.6 Å². The summed E-state index contributed by atoms with van der Waals surface area (Å²) in [5.74, 6) is 0.600. The Kier molecular flexibility index (Phi) is 9.36. The van der Waals surface area contributed by atoms with Crippen LogP contribution in [-0.2, 0) is 16.6 Å². The number of halogens is 2. The van der Waals surface area contributed by atoms with Gasteiger partial charge in [0.1, 0.15) is 5.82 Å². The Labute approximate surface area is 194 Å². The molecule has 0 bridgehead atoms.